The molecule has 5 rings (SSSR count). The zero-order chi connectivity index (χ0) is 23.1. The van der Waals surface area contributed by atoms with Crippen LogP contribution in [0.1, 0.15) is 67.3 Å². The van der Waals surface area contributed by atoms with Gasteiger partial charge in [0.25, 0.3) is 0 Å². The summed E-state index contributed by atoms with van der Waals surface area (Å²) in [5.41, 5.74) is 12.4. The Morgan fingerprint density at radius 2 is 1.76 bits per heavy atom. The number of aromatic nitrogens is 2. The molecular formula is C30H31ClN2. The number of fused-ring (bicyclic) bond motifs is 3. The van der Waals surface area contributed by atoms with E-state index < -0.39 is 0 Å². The van der Waals surface area contributed by atoms with Crippen LogP contribution in [0, 0.1) is 0 Å². The quantitative estimate of drug-likeness (QED) is 0.296. The maximum Gasteiger partial charge on any atom is 0.0528 e. The first-order valence-corrected chi connectivity index (χ1v) is 12.3. The van der Waals surface area contributed by atoms with Crippen LogP contribution >= 0.6 is 11.6 Å². The van der Waals surface area contributed by atoms with Crippen LogP contribution in [0.5, 0.6) is 0 Å². The molecule has 0 bridgehead atoms. The third-order valence-electron chi connectivity index (χ3n) is 6.86. The second-order valence-corrected chi connectivity index (χ2v) is 10.3. The van der Waals surface area contributed by atoms with Gasteiger partial charge in [0, 0.05) is 41.3 Å². The maximum atomic E-state index is 6.21. The molecule has 0 radical (unpaired) electrons. The van der Waals surface area contributed by atoms with Crippen LogP contribution in [-0.2, 0) is 19.4 Å². The third-order valence-corrected chi connectivity index (χ3v) is 7.11. The van der Waals surface area contributed by atoms with Crippen LogP contribution in [0.3, 0.4) is 0 Å². The molecule has 3 heteroatoms. The van der Waals surface area contributed by atoms with Crippen LogP contribution in [0.25, 0.3) is 22.4 Å². The first-order chi connectivity index (χ1) is 15.9. The normalized spacial score (nSPS) is 12.8. The zero-order valence-electron chi connectivity index (χ0n) is 19.9. The van der Waals surface area contributed by atoms with Gasteiger partial charge in [-0.2, -0.15) is 0 Å². The Labute approximate surface area is 202 Å². The lowest BCUT2D eigenvalue weighted by Gasteiger charge is -2.27. The molecule has 168 valence electrons. The van der Waals surface area contributed by atoms with Crippen molar-refractivity contribution in [1.82, 2.24) is 9.55 Å². The van der Waals surface area contributed by atoms with Crippen molar-refractivity contribution in [1.29, 1.82) is 0 Å². The van der Waals surface area contributed by atoms with Gasteiger partial charge >= 0.3 is 0 Å². The fourth-order valence-electron chi connectivity index (χ4n) is 5.12. The van der Waals surface area contributed by atoms with Crippen molar-refractivity contribution in [3.8, 4) is 22.4 Å². The number of pyridine rings is 1. The number of halogens is 1. The summed E-state index contributed by atoms with van der Waals surface area (Å²) in [5.74, 6) is 0.991. The molecule has 0 amide bonds. The second-order valence-electron chi connectivity index (χ2n) is 9.82. The van der Waals surface area contributed by atoms with Gasteiger partial charge in [-0.1, -0.05) is 69.6 Å². The number of nitrogens with zero attached hydrogens (tertiary/aromatic N) is 2. The van der Waals surface area contributed by atoms with Crippen LogP contribution in [0.2, 0.25) is 5.02 Å². The van der Waals surface area contributed by atoms with E-state index in [2.05, 4.69) is 73.8 Å². The van der Waals surface area contributed by atoms with Crippen LogP contribution in [0.4, 0.5) is 0 Å². The van der Waals surface area contributed by atoms with E-state index in [1.807, 2.05) is 30.6 Å². The molecule has 0 unspecified atom stereocenters. The van der Waals surface area contributed by atoms with Crippen molar-refractivity contribution < 1.29 is 0 Å². The minimum atomic E-state index is 0.462. The van der Waals surface area contributed by atoms with Crippen molar-refractivity contribution in [2.24, 2.45) is 0 Å². The summed E-state index contributed by atoms with van der Waals surface area (Å²) in [7, 11) is 0. The molecule has 0 saturated heterocycles. The van der Waals surface area contributed by atoms with Crippen molar-refractivity contribution in [2.75, 3.05) is 0 Å². The summed E-state index contributed by atoms with van der Waals surface area (Å²) in [6, 6.07) is 17.4. The molecule has 2 nitrogen and oxygen atoms in total. The van der Waals surface area contributed by atoms with E-state index in [-0.39, 0.29) is 0 Å². The molecule has 0 N–H and O–H groups in total. The summed E-state index contributed by atoms with van der Waals surface area (Å²) in [6.07, 6.45) is 8.30. The van der Waals surface area contributed by atoms with Gasteiger partial charge in [0.15, 0.2) is 0 Å². The molecule has 4 aromatic rings. The molecule has 1 aliphatic carbocycles. The Balaban J connectivity index is 1.76. The monoisotopic (exact) mass is 454 g/mol. The highest BCUT2D eigenvalue weighted by Gasteiger charge is 2.28. The number of aryl methyl sites for hydroxylation is 1. The number of benzene rings is 2. The van der Waals surface area contributed by atoms with E-state index in [9.17, 15) is 0 Å². The molecule has 0 spiro atoms. The minimum absolute atomic E-state index is 0.462. The van der Waals surface area contributed by atoms with E-state index in [0.717, 1.165) is 24.4 Å². The van der Waals surface area contributed by atoms with Crippen LogP contribution < -0.4 is 0 Å². The van der Waals surface area contributed by atoms with Crippen LogP contribution in [-0.4, -0.2) is 9.55 Å². The van der Waals surface area contributed by atoms with Crippen molar-refractivity contribution in [2.45, 2.75) is 58.9 Å². The predicted molar refractivity (Wildman–Crippen MR) is 139 cm³/mol. The summed E-state index contributed by atoms with van der Waals surface area (Å²) < 4.78 is 2.45. The molecule has 0 atom stereocenters. The Morgan fingerprint density at radius 1 is 0.970 bits per heavy atom. The standard InChI is InChI=1S/C30H31ClN2/c1-19(2)24-14-23-9-12-26-28(22-7-10-25(31)11-8-22)18-33(17-21-6-5-13-32-16-21)30(26)29(23)27(15-24)20(3)4/h5-8,10-11,13-16,18-20H,9,12,17H2,1-4H3. The van der Waals surface area contributed by atoms with E-state index in [1.165, 1.54) is 50.2 Å². The van der Waals surface area contributed by atoms with Gasteiger partial charge in [0.1, 0.15) is 0 Å². The summed E-state index contributed by atoms with van der Waals surface area (Å²) in [6.45, 7) is 10.0. The highest BCUT2D eigenvalue weighted by molar-refractivity contribution is 6.30. The molecule has 0 aliphatic heterocycles. The average molecular weight is 455 g/mol. The average Bonchev–Trinajstić information content (AvgIpc) is 3.17. The molecular weight excluding hydrogens is 424 g/mol. The number of hydrogen-bond acceptors (Lipinski definition) is 1. The highest BCUT2D eigenvalue weighted by atomic mass is 35.5. The lowest BCUT2D eigenvalue weighted by atomic mass is 9.80. The molecule has 2 aromatic carbocycles. The number of rotatable bonds is 5. The van der Waals surface area contributed by atoms with E-state index in [1.54, 1.807) is 0 Å². The van der Waals surface area contributed by atoms with E-state index in [4.69, 9.17) is 11.6 Å². The molecule has 0 saturated carbocycles. The van der Waals surface area contributed by atoms with Gasteiger partial charge in [-0.3, -0.25) is 4.98 Å². The molecule has 33 heavy (non-hydrogen) atoms. The summed E-state index contributed by atoms with van der Waals surface area (Å²) in [5, 5.41) is 0.774. The highest BCUT2D eigenvalue weighted by Crippen LogP contribution is 2.45. The van der Waals surface area contributed by atoms with Gasteiger partial charge in [-0.05, 0) is 76.3 Å². The maximum absolute atomic E-state index is 6.21. The molecule has 2 aromatic heterocycles. The fourth-order valence-corrected chi connectivity index (χ4v) is 5.25. The Kier molecular flexibility index (Phi) is 5.88. The van der Waals surface area contributed by atoms with Gasteiger partial charge in [0.05, 0.1) is 5.69 Å². The smallest absolute Gasteiger partial charge is 0.0528 e. The van der Waals surface area contributed by atoms with Crippen molar-refractivity contribution in [3.05, 3.63) is 100.0 Å². The SMILES string of the molecule is CC(C)c1cc2c(c(C(C)C)c1)-c1c(c(-c3ccc(Cl)cc3)cn1Cc1cccnc1)CC2. The molecule has 0 fully saturated rings. The zero-order valence-corrected chi connectivity index (χ0v) is 20.7. The van der Waals surface area contributed by atoms with Gasteiger partial charge < -0.3 is 4.57 Å². The van der Waals surface area contributed by atoms with Crippen molar-refractivity contribution in [3.63, 3.8) is 0 Å². The van der Waals surface area contributed by atoms with Crippen molar-refractivity contribution >= 4 is 11.6 Å². The lowest BCUT2D eigenvalue weighted by Crippen LogP contribution is -2.12. The minimum Gasteiger partial charge on any atom is -0.342 e. The van der Waals surface area contributed by atoms with E-state index in [0.29, 0.717) is 11.8 Å². The first kappa shape index (κ1) is 22.0. The Bertz CT molecular complexity index is 1280. The first-order valence-electron chi connectivity index (χ1n) is 12.0. The topological polar surface area (TPSA) is 17.8 Å². The van der Waals surface area contributed by atoms with Gasteiger partial charge in [-0.15, -0.1) is 0 Å². The second kappa shape index (κ2) is 8.83. The Morgan fingerprint density at radius 3 is 2.42 bits per heavy atom. The van der Waals surface area contributed by atoms with Gasteiger partial charge in [-0.25, -0.2) is 0 Å². The lowest BCUT2D eigenvalue weighted by molar-refractivity contribution is 0.780. The van der Waals surface area contributed by atoms with Gasteiger partial charge in [0.2, 0.25) is 0 Å². The molecule has 2 heterocycles. The predicted octanol–water partition coefficient (Wildman–Crippen LogP) is 8.26. The van der Waals surface area contributed by atoms with Crippen LogP contribution in [0.15, 0.2) is 67.1 Å². The fraction of sp³-hybridized carbons (Fsp3) is 0.300. The third kappa shape index (κ3) is 4.13. The summed E-state index contributed by atoms with van der Waals surface area (Å²) >= 11 is 6.21. The Hall–Kier alpha value is -2.84. The van der Waals surface area contributed by atoms with E-state index >= 15 is 0 Å². The number of hydrogen-bond donors (Lipinski definition) is 0. The largest absolute Gasteiger partial charge is 0.342 e. The molecule has 1 aliphatic rings. The summed E-state index contributed by atoms with van der Waals surface area (Å²) in [4.78, 5) is 4.36.